The molecule has 6 heteroatoms. The Bertz CT molecular complexity index is 481. The van der Waals surface area contributed by atoms with E-state index in [1.807, 2.05) is 0 Å². The summed E-state index contributed by atoms with van der Waals surface area (Å²) >= 11 is 11.8. The van der Waals surface area contributed by atoms with Gasteiger partial charge in [-0.25, -0.2) is 0 Å². The summed E-state index contributed by atoms with van der Waals surface area (Å²) in [6.07, 6.45) is 2.83. The second kappa shape index (κ2) is 7.16. The van der Waals surface area contributed by atoms with Crippen LogP contribution in [0.4, 0.5) is 0 Å². The summed E-state index contributed by atoms with van der Waals surface area (Å²) in [7, 11) is 0. The van der Waals surface area contributed by atoms with Crippen LogP contribution < -0.4 is 4.74 Å². The van der Waals surface area contributed by atoms with Crippen molar-refractivity contribution >= 4 is 29.1 Å². The second-order valence-corrected chi connectivity index (χ2v) is 5.63. The van der Waals surface area contributed by atoms with Gasteiger partial charge in [0.25, 0.3) is 5.91 Å². The van der Waals surface area contributed by atoms with Gasteiger partial charge in [-0.3, -0.25) is 4.79 Å². The standard InChI is InChI=1S/C14H17Cl2NO3/c15-10-4-5-12(16)13(7-10)20-9-14(19)17-6-2-1-3-11(17)8-18/h4-5,7,11,18H,1-3,6,8-9H2. The molecule has 1 N–H and O–H groups in total. The molecule has 0 bridgehead atoms. The van der Waals surface area contributed by atoms with Crippen molar-refractivity contribution in [3.05, 3.63) is 28.2 Å². The summed E-state index contributed by atoms with van der Waals surface area (Å²) in [5.74, 6) is 0.255. The number of halogens is 2. The van der Waals surface area contributed by atoms with Crippen molar-refractivity contribution in [2.24, 2.45) is 0 Å². The normalized spacial score (nSPS) is 18.9. The molecule has 4 nitrogen and oxygen atoms in total. The number of carbonyl (C=O) groups is 1. The van der Waals surface area contributed by atoms with Crippen molar-refractivity contribution in [3.8, 4) is 5.75 Å². The molecule has 1 heterocycles. The van der Waals surface area contributed by atoms with E-state index in [4.69, 9.17) is 27.9 Å². The molecule has 1 aliphatic rings. The molecule has 0 aromatic heterocycles. The molecule has 0 spiro atoms. The van der Waals surface area contributed by atoms with E-state index in [9.17, 15) is 9.90 Å². The van der Waals surface area contributed by atoms with E-state index in [2.05, 4.69) is 0 Å². The third-order valence-corrected chi connectivity index (χ3v) is 3.95. The van der Waals surface area contributed by atoms with Crippen LogP contribution in [0.15, 0.2) is 18.2 Å². The lowest BCUT2D eigenvalue weighted by Crippen LogP contribution is -2.47. The van der Waals surface area contributed by atoms with E-state index >= 15 is 0 Å². The lowest BCUT2D eigenvalue weighted by Gasteiger charge is -2.34. The SMILES string of the molecule is O=C(COc1cc(Cl)ccc1Cl)N1CCCCC1CO. The number of ether oxygens (including phenoxy) is 1. The number of hydrogen-bond acceptors (Lipinski definition) is 3. The lowest BCUT2D eigenvalue weighted by atomic mass is 10.0. The summed E-state index contributed by atoms with van der Waals surface area (Å²) in [6, 6.07) is 4.76. The molecular formula is C14H17Cl2NO3. The Kier molecular flexibility index (Phi) is 5.52. The fourth-order valence-electron chi connectivity index (χ4n) is 2.33. The fraction of sp³-hybridized carbons (Fsp3) is 0.500. The van der Waals surface area contributed by atoms with Crippen LogP contribution in [0.25, 0.3) is 0 Å². The number of rotatable bonds is 4. The Morgan fingerprint density at radius 2 is 2.20 bits per heavy atom. The molecule has 0 saturated carbocycles. The van der Waals surface area contributed by atoms with Gasteiger partial charge in [-0.15, -0.1) is 0 Å². The third-order valence-electron chi connectivity index (χ3n) is 3.40. The van der Waals surface area contributed by atoms with Gasteiger partial charge in [0.15, 0.2) is 6.61 Å². The van der Waals surface area contributed by atoms with Gasteiger partial charge < -0.3 is 14.7 Å². The monoisotopic (exact) mass is 317 g/mol. The molecule has 1 unspecified atom stereocenters. The van der Waals surface area contributed by atoms with Crippen molar-refractivity contribution in [2.45, 2.75) is 25.3 Å². The first-order chi connectivity index (χ1) is 9.61. The highest BCUT2D eigenvalue weighted by molar-refractivity contribution is 6.34. The Hall–Kier alpha value is -0.970. The Balaban J connectivity index is 1.95. The number of likely N-dealkylation sites (tertiary alicyclic amines) is 1. The van der Waals surface area contributed by atoms with Crippen LogP contribution in [-0.2, 0) is 4.79 Å². The quantitative estimate of drug-likeness (QED) is 0.929. The molecule has 20 heavy (non-hydrogen) atoms. The fourth-order valence-corrected chi connectivity index (χ4v) is 2.66. The van der Waals surface area contributed by atoms with E-state index in [-0.39, 0.29) is 25.2 Å². The van der Waals surface area contributed by atoms with Gasteiger partial charge in [-0.1, -0.05) is 23.2 Å². The number of piperidine rings is 1. The average molecular weight is 318 g/mol. The zero-order chi connectivity index (χ0) is 14.5. The number of hydrogen-bond donors (Lipinski definition) is 1. The first-order valence-electron chi connectivity index (χ1n) is 6.60. The van der Waals surface area contributed by atoms with Gasteiger partial charge in [-0.05, 0) is 31.4 Å². The summed E-state index contributed by atoms with van der Waals surface area (Å²) in [5.41, 5.74) is 0. The molecule has 1 amide bonds. The van der Waals surface area contributed by atoms with E-state index in [1.54, 1.807) is 23.1 Å². The van der Waals surface area contributed by atoms with Crippen LogP contribution in [0.5, 0.6) is 5.75 Å². The zero-order valence-corrected chi connectivity index (χ0v) is 12.5. The number of nitrogens with zero attached hydrogens (tertiary/aromatic N) is 1. The maximum atomic E-state index is 12.2. The molecule has 0 aliphatic carbocycles. The predicted octanol–water partition coefficient (Wildman–Crippen LogP) is 2.75. The van der Waals surface area contributed by atoms with E-state index in [1.165, 1.54) is 0 Å². The number of aliphatic hydroxyl groups is 1. The number of amides is 1. The van der Waals surface area contributed by atoms with E-state index < -0.39 is 0 Å². The molecule has 1 atom stereocenters. The molecule has 110 valence electrons. The van der Waals surface area contributed by atoms with Gasteiger partial charge in [-0.2, -0.15) is 0 Å². The van der Waals surface area contributed by atoms with Crippen molar-refractivity contribution in [3.63, 3.8) is 0 Å². The Morgan fingerprint density at radius 1 is 1.40 bits per heavy atom. The van der Waals surface area contributed by atoms with Crippen molar-refractivity contribution in [2.75, 3.05) is 19.8 Å². The average Bonchev–Trinajstić information content (AvgIpc) is 2.47. The topological polar surface area (TPSA) is 49.8 Å². The van der Waals surface area contributed by atoms with Crippen LogP contribution in [0, 0.1) is 0 Å². The minimum atomic E-state index is -0.139. The number of aliphatic hydroxyl groups excluding tert-OH is 1. The van der Waals surface area contributed by atoms with Crippen LogP contribution in [0.3, 0.4) is 0 Å². The highest BCUT2D eigenvalue weighted by Crippen LogP contribution is 2.27. The maximum Gasteiger partial charge on any atom is 0.260 e. The number of benzene rings is 1. The van der Waals surface area contributed by atoms with E-state index in [0.29, 0.717) is 22.3 Å². The highest BCUT2D eigenvalue weighted by Gasteiger charge is 2.26. The maximum absolute atomic E-state index is 12.2. The van der Waals surface area contributed by atoms with E-state index in [0.717, 1.165) is 19.3 Å². The largest absolute Gasteiger partial charge is 0.482 e. The van der Waals surface area contributed by atoms with Crippen LogP contribution in [0.1, 0.15) is 19.3 Å². The lowest BCUT2D eigenvalue weighted by molar-refractivity contribution is -0.138. The highest BCUT2D eigenvalue weighted by atomic mass is 35.5. The first-order valence-corrected chi connectivity index (χ1v) is 7.35. The summed E-state index contributed by atoms with van der Waals surface area (Å²) in [6.45, 7) is 0.553. The van der Waals surface area contributed by atoms with Gasteiger partial charge in [0.05, 0.1) is 17.7 Å². The zero-order valence-electron chi connectivity index (χ0n) is 11.0. The van der Waals surface area contributed by atoms with Crippen molar-refractivity contribution < 1.29 is 14.6 Å². The van der Waals surface area contributed by atoms with Crippen LogP contribution in [-0.4, -0.2) is 41.7 Å². The van der Waals surface area contributed by atoms with Gasteiger partial charge in [0.1, 0.15) is 5.75 Å². The first kappa shape index (κ1) is 15.4. The number of carbonyl (C=O) groups excluding carboxylic acids is 1. The van der Waals surface area contributed by atoms with Gasteiger partial charge >= 0.3 is 0 Å². The van der Waals surface area contributed by atoms with Gasteiger partial charge in [0, 0.05) is 17.6 Å². The second-order valence-electron chi connectivity index (χ2n) is 4.78. The molecule has 1 fully saturated rings. The van der Waals surface area contributed by atoms with Crippen molar-refractivity contribution in [1.29, 1.82) is 0 Å². The molecule has 1 aromatic rings. The molecule has 2 rings (SSSR count). The molecular weight excluding hydrogens is 301 g/mol. The third kappa shape index (κ3) is 3.78. The minimum absolute atomic E-state index is 0.0103. The molecule has 1 aromatic carbocycles. The summed E-state index contributed by atoms with van der Waals surface area (Å²) < 4.78 is 5.44. The summed E-state index contributed by atoms with van der Waals surface area (Å²) in [5, 5.41) is 10.2. The molecule has 0 radical (unpaired) electrons. The summed E-state index contributed by atoms with van der Waals surface area (Å²) in [4.78, 5) is 13.8. The minimum Gasteiger partial charge on any atom is -0.482 e. The van der Waals surface area contributed by atoms with Crippen molar-refractivity contribution in [1.82, 2.24) is 4.90 Å². The van der Waals surface area contributed by atoms with Crippen LogP contribution >= 0.6 is 23.2 Å². The smallest absolute Gasteiger partial charge is 0.260 e. The Morgan fingerprint density at radius 3 is 2.95 bits per heavy atom. The van der Waals surface area contributed by atoms with Gasteiger partial charge in [0.2, 0.25) is 0 Å². The molecule has 1 aliphatic heterocycles. The Labute approximate surface area is 128 Å². The van der Waals surface area contributed by atoms with Crippen LogP contribution in [0.2, 0.25) is 10.0 Å². The molecule has 1 saturated heterocycles. The predicted molar refractivity (Wildman–Crippen MR) is 78.4 cm³/mol.